The lowest BCUT2D eigenvalue weighted by Gasteiger charge is -2.21. The van der Waals surface area contributed by atoms with Crippen molar-refractivity contribution in [3.63, 3.8) is 0 Å². The molecule has 0 saturated carbocycles. The maximum Gasteiger partial charge on any atom is 0.231 e. The molecule has 2 aromatic rings. The highest BCUT2D eigenvalue weighted by molar-refractivity contribution is 8.00. The summed E-state index contributed by atoms with van der Waals surface area (Å²) in [4.78, 5) is 1.31. The van der Waals surface area contributed by atoms with E-state index in [1.165, 1.54) is 16.0 Å². The maximum absolute atomic E-state index is 6.17. The van der Waals surface area contributed by atoms with Gasteiger partial charge in [0.05, 0.1) is 12.2 Å². The van der Waals surface area contributed by atoms with Crippen molar-refractivity contribution in [1.29, 1.82) is 0 Å². The fraction of sp³-hybridized carbons (Fsp3) is 0.294. The van der Waals surface area contributed by atoms with Gasteiger partial charge < -0.3 is 14.2 Å². The smallest absolute Gasteiger partial charge is 0.231 e. The molecule has 0 N–H and O–H groups in total. The van der Waals surface area contributed by atoms with E-state index < -0.39 is 0 Å². The average molecular weight is 298 g/mol. The minimum Gasteiger partial charge on any atom is -0.454 e. The van der Waals surface area contributed by atoms with Gasteiger partial charge in [0.15, 0.2) is 11.5 Å². The zero-order valence-corrected chi connectivity index (χ0v) is 12.1. The van der Waals surface area contributed by atoms with Gasteiger partial charge >= 0.3 is 0 Å². The Balaban J connectivity index is 1.47. The molecule has 3 atom stereocenters. The van der Waals surface area contributed by atoms with Crippen molar-refractivity contribution < 1.29 is 14.2 Å². The van der Waals surface area contributed by atoms with Gasteiger partial charge in [-0.3, -0.25) is 0 Å². The van der Waals surface area contributed by atoms with Gasteiger partial charge in [0.2, 0.25) is 6.79 Å². The van der Waals surface area contributed by atoms with Crippen LogP contribution < -0.4 is 9.47 Å². The summed E-state index contributed by atoms with van der Waals surface area (Å²) in [6.07, 6.45) is 1.45. The Bertz CT molecular complexity index is 701. The van der Waals surface area contributed by atoms with E-state index >= 15 is 0 Å². The lowest BCUT2D eigenvalue weighted by molar-refractivity contribution is 0.0725. The minimum atomic E-state index is 0.171. The van der Waals surface area contributed by atoms with Gasteiger partial charge in [0.1, 0.15) is 0 Å². The Morgan fingerprint density at radius 1 is 0.952 bits per heavy atom. The van der Waals surface area contributed by atoms with E-state index in [9.17, 15) is 0 Å². The number of thioether (sulfide) groups is 1. The number of benzene rings is 2. The Kier molecular flexibility index (Phi) is 2.52. The molecule has 3 aliphatic rings. The zero-order chi connectivity index (χ0) is 13.8. The van der Waals surface area contributed by atoms with Crippen molar-refractivity contribution in [2.75, 3.05) is 6.79 Å². The fourth-order valence-corrected chi connectivity index (χ4v) is 4.68. The van der Waals surface area contributed by atoms with Crippen LogP contribution in [0.1, 0.15) is 29.8 Å². The highest BCUT2D eigenvalue weighted by Crippen LogP contribution is 2.57. The Morgan fingerprint density at radius 3 is 2.52 bits per heavy atom. The van der Waals surface area contributed by atoms with E-state index in [1.807, 2.05) is 11.8 Å². The monoisotopic (exact) mass is 298 g/mol. The summed E-state index contributed by atoms with van der Waals surface area (Å²) >= 11 is 1.91. The first kappa shape index (κ1) is 12.0. The summed E-state index contributed by atoms with van der Waals surface area (Å²) in [5, 5.41) is 0.477. The topological polar surface area (TPSA) is 27.7 Å². The van der Waals surface area contributed by atoms with E-state index in [2.05, 4.69) is 42.5 Å². The number of ether oxygens (including phenoxy) is 3. The van der Waals surface area contributed by atoms with Crippen LogP contribution >= 0.6 is 11.8 Å². The van der Waals surface area contributed by atoms with E-state index in [4.69, 9.17) is 14.2 Å². The van der Waals surface area contributed by atoms with Gasteiger partial charge in [-0.1, -0.05) is 18.2 Å². The first-order valence-electron chi connectivity index (χ1n) is 7.19. The molecular weight excluding hydrogens is 284 g/mol. The molecule has 2 bridgehead atoms. The van der Waals surface area contributed by atoms with Crippen molar-refractivity contribution in [3.05, 3.63) is 53.6 Å². The first-order valence-corrected chi connectivity index (χ1v) is 8.07. The first-order chi connectivity index (χ1) is 10.4. The molecule has 0 amide bonds. The van der Waals surface area contributed by atoms with Gasteiger partial charge in [-0.25, -0.2) is 0 Å². The molecule has 3 heterocycles. The molecule has 0 spiro atoms. The lowest BCUT2D eigenvalue weighted by atomic mass is 9.91. The average Bonchev–Trinajstić information content (AvgIpc) is 3.20. The predicted molar refractivity (Wildman–Crippen MR) is 79.8 cm³/mol. The van der Waals surface area contributed by atoms with E-state index in [0.717, 1.165) is 17.9 Å². The van der Waals surface area contributed by atoms with E-state index in [0.29, 0.717) is 12.0 Å². The van der Waals surface area contributed by atoms with Crippen LogP contribution in [0.25, 0.3) is 0 Å². The second kappa shape index (κ2) is 4.42. The molecule has 2 aromatic carbocycles. The number of hydrogen-bond acceptors (Lipinski definition) is 4. The molecule has 21 heavy (non-hydrogen) atoms. The van der Waals surface area contributed by atoms with Crippen LogP contribution in [0.5, 0.6) is 11.5 Å². The molecule has 3 nitrogen and oxygen atoms in total. The second-order valence-corrected chi connectivity index (χ2v) is 6.90. The summed E-state index contributed by atoms with van der Waals surface area (Å²) in [5.41, 5.74) is 2.57. The largest absolute Gasteiger partial charge is 0.454 e. The third-order valence-electron chi connectivity index (χ3n) is 4.36. The molecule has 0 aromatic heterocycles. The van der Waals surface area contributed by atoms with Crippen LogP contribution in [0.3, 0.4) is 0 Å². The molecule has 0 radical (unpaired) electrons. The third kappa shape index (κ3) is 1.79. The van der Waals surface area contributed by atoms with Crippen molar-refractivity contribution in [2.45, 2.75) is 28.8 Å². The lowest BCUT2D eigenvalue weighted by Crippen LogP contribution is -2.12. The van der Waals surface area contributed by atoms with Crippen LogP contribution in [0.15, 0.2) is 47.4 Å². The van der Waals surface area contributed by atoms with Gasteiger partial charge in [-0.15, -0.1) is 11.8 Å². The standard InChI is InChI=1S/C17H14O3S/c1-2-4-10(5-3-1)21-16-8-13-11-6-14-15(19-9-18-14)7-12(11)17(16)20-13/h1-7,13,16-17H,8-9H2/t13-,16+,17-/m0/s1. The van der Waals surface area contributed by atoms with Crippen molar-refractivity contribution in [1.82, 2.24) is 0 Å². The quantitative estimate of drug-likeness (QED) is 0.834. The van der Waals surface area contributed by atoms with Crippen molar-refractivity contribution in [2.24, 2.45) is 0 Å². The normalized spacial score (nSPS) is 27.9. The molecule has 1 saturated heterocycles. The fourth-order valence-electron chi connectivity index (χ4n) is 3.41. The van der Waals surface area contributed by atoms with Gasteiger partial charge in [0, 0.05) is 10.1 Å². The van der Waals surface area contributed by atoms with Gasteiger partial charge in [-0.2, -0.15) is 0 Å². The summed E-state index contributed by atoms with van der Waals surface area (Å²) in [6.45, 7) is 0.330. The zero-order valence-electron chi connectivity index (χ0n) is 11.3. The van der Waals surface area contributed by atoms with Gasteiger partial charge in [0.25, 0.3) is 0 Å². The van der Waals surface area contributed by atoms with Crippen LogP contribution in [0.2, 0.25) is 0 Å². The maximum atomic E-state index is 6.17. The molecule has 0 unspecified atom stereocenters. The Labute approximate surface area is 127 Å². The molecule has 3 aliphatic heterocycles. The summed E-state index contributed by atoms with van der Waals surface area (Å²) in [7, 11) is 0. The molecule has 106 valence electrons. The van der Waals surface area contributed by atoms with Gasteiger partial charge in [-0.05, 0) is 41.8 Å². The summed E-state index contributed by atoms with van der Waals surface area (Å²) in [6, 6.07) is 14.8. The van der Waals surface area contributed by atoms with Crippen LogP contribution in [0, 0.1) is 0 Å². The number of hydrogen-bond donors (Lipinski definition) is 0. The number of rotatable bonds is 2. The van der Waals surface area contributed by atoms with Crippen LogP contribution in [0.4, 0.5) is 0 Å². The molecule has 0 aliphatic carbocycles. The molecule has 1 fully saturated rings. The Hall–Kier alpha value is -1.65. The van der Waals surface area contributed by atoms with Crippen LogP contribution in [-0.4, -0.2) is 12.0 Å². The van der Waals surface area contributed by atoms with Crippen LogP contribution in [-0.2, 0) is 4.74 Å². The molecule has 4 heteroatoms. The predicted octanol–water partition coefficient (Wildman–Crippen LogP) is 4.09. The SMILES string of the molecule is c1ccc(S[C@@H]2C[C@@H]3O[C@H]2c2cc4c(cc23)OCO4)cc1. The highest BCUT2D eigenvalue weighted by atomic mass is 32.2. The molecular formula is C17H14O3S. The molecule has 5 rings (SSSR count). The van der Waals surface area contributed by atoms with Crippen molar-refractivity contribution >= 4 is 11.8 Å². The number of fused-ring (bicyclic) bond motifs is 6. The summed E-state index contributed by atoms with van der Waals surface area (Å²) in [5.74, 6) is 1.71. The second-order valence-electron chi connectivity index (χ2n) is 5.58. The summed E-state index contributed by atoms with van der Waals surface area (Å²) < 4.78 is 17.1. The van der Waals surface area contributed by atoms with E-state index in [1.54, 1.807) is 0 Å². The minimum absolute atomic E-state index is 0.171. The van der Waals surface area contributed by atoms with E-state index in [-0.39, 0.29) is 12.2 Å². The van der Waals surface area contributed by atoms with Crippen molar-refractivity contribution in [3.8, 4) is 11.5 Å². The highest BCUT2D eigenvalue weighted by Gasteiger charge is 2.46. The Morgan fingerprint density at radius 2 is 1.71 bits per heavy atom. The third-order valence-corrected chi connectivity index (χ3v) is 5.64.